The number of benzene rings is 2. The minimum Gasteiger partial charge on any atom is -0.476 e. The molecule has 1 saturated heterocycles. The van der Waals surface area contributed by atoms with Crippen molar-refractivity contribution in [3.8, 4) is 34.5 Å². The molecular weight excluding hydrogens is 480 g/mol. The molecule has 9 heteroatoms. The van der Waals surface area contributed by atoms with Gasteiger partial charge in [0.15, 0.2) is 0 Å². The van der Waals surface area contributed by atoms with Crippen LogP contribution in [0.2, 0.25) is 0 Å². The van der Waals surface area contributed by atoms with Crippen molar-refractivity contribution >= 4 is 11.6 Å². The summed E-state index contributed by atoms with van der Waals surface area (Å²) in [5, 5.41) is 18.5. The van der Waals surface area contributed by atoms with Crippen molar-refractivity contribution in [2.75, 3.05) is 33.8 Å². The minimum atomic E-state index is -0.975. The molecule has 0 unspecified atom stereocenters. The number of amides is 1. The molecular formula is C29H30N6O3. The molecule has 0 saturated carbocycles. The zero-order valence-electron chi connectivity index (χ0n) is 21.5. The van der Waals surface area contributed by atoms with Crippen LogP contribution >= 0.6 is 0 Å². The second-order valence-corrected chi connectivity index (χ2v) is 9.87. The lowest BCUT2D eigenvalue weighted by Crippen LogP contribution is -2.34. The second kappa shape index (κ2) is 10.9. The molecule has 1 amide bonds. The highest BCUT2D eigenvalue weighted by molar-refractivity contribution is 5.82. The predicted octanol–water partition coefficient (Wildman–Crippen LogP) is 4.77. The molecule has 2 aromatic heterocycles. The Labute approximate surface area is 221 Å². The number of fused-ring (bicyclic) bond motifs is 1. The van der Waals surface area contributed by atoms with Crippen LogP contribution in [0.5, 0.6) is 5.88 Å². The first-order chi connectivity index (χ1) is 18.4. The number of rotatable bonds is 7. The van der Waals surface area contributed by atoms with Crippen LogP contribution in [0.1, 0.15) is 24.0 Å². The quantitative estimate of drug-likeness (QED) is 0.382. The van der Waals surface area contributed by atoms with E-state index in [1.165, 1.54) is 4.90 Å². The smallest absolute Gasteiger partial charge is 0.407 e. The van der Waals surface area contributed by atoms with Crippen molar-refractivity contribution < 1.29 is 14.6 Å². The van der Waals surface area contributed by atoms with Gasteiger partial charge in [0.25, 0.3) is 0 Å². The fourth-order valence-corrected chi connectivity index (χ4v) is 4.96. The first-order valence-electron chi connectivity index (χ1n) is 12.6. The Bertz CT molecular complexity index is 1470. The number of likely N-dealkylation sites (tertiary alicyclic amines) is 1. The van der Waals surface area contributed by atoms with Gasteiger partial charge in [-0.15, -0.1) is 0 Å². The number of hydrogen-bond acceptors (Lipinski definition) is 6. The van der Waals surface area contributed by atoms with Gasteiger partial charge in [0.2, 0.25) is 5.88 Å². The van der Waals surface area contributed by atoms with Gasteiger partial charge in [-0.1, -0.05) is 36.4 Å². The Morgan fingerprint density at radius 1 is 1.18 bits per heavy atom. The second-order valence-electron chi connectivity index (χ2n) is 9.87. The van der Waals surface area contributed by atoms with Gasteiger partial charge in [-0.05, 0) is 44.1 Å². The third kappa shape index (κ3) is 5.31. The average molecular weight is 511 g/mol. The summed E-state index contributed by atoms with van der Waals surface area (Å²) in [5.41, 5.74) is 5.54. The molecule has 194 valence electrons. The molecule has 9 nitrogen and oxygen atoms in total. The summed E-state index contributed by atoms with van der Waals surface area (Å²) in [6, 6.07) is 17.3. The highest BCUT2D eigenvalue weighted by Crippen LogP contribution is 2.35. The summed E-state index contributed by atoms with van der Waals surface area (Å²) < 4.78 is 8.32. The first kappa shape index (κ1) is 25.2. The standard InChI is InChI=1S/C29H30N6O3/c1-33-13-3-4-22(16-33)18-38-28-25-15-31-19-35(25)27(26(32-28)23-9-5-20(14-30)6-10-23)24-11-7-21(8-12-24)17-34(2)29(36)37/h5-12,15,19,22H,3-4,13,16-18H2,1-2H3,(H,36,37)/t22-/m1/s1. The number of nitriles is 1. The van der Waals surface area contributed by atoms with Gasteiger partial charge in [-0.3, -0.25) is 4.40 Å². The minimum absolute atomic E-state index is 0.292. The fraction of sp³-hybridized carbons (Fsp3) is 0.310. The zero-order chi connectivity index (χ0) is 26.6. The van der Waals surface area contributed by atoms with Crippen molar-refractivity contribution in [2.45, 2.75) is 19.4 Å². The summed E-state index contributed by atoms with van der Waals surface area (Å²) in [4.78, 5) is 24.2. The Hall–Kier alpha value is -4.42. The molecule has 38 heavy (non-hydrogen) atoms. The summed E-state index contributed by atoms with van der Waals surface area (Å²) in [7, 11) is 3.69. The van der Waals surface area contributed by atoms with Crippen molar-refractivity contribution in [3.63, 3.8) is 0 Å². The number of carbonyl (C=O) groups is 1. The first-order valence-corrected chi connectivity index (χ1v) is 12.6. The maximum atomic E-state index is 11.2. The molecule has 5 rings (SSSR count). The largest absolute Gasteiger partial charge is 0.476 e. The molecule has 0 bridgehead atoms. The van der Waals surface area contributed by atoms with Gasteiger partial charge in [-0.25, -0.2) is 14.8 Å². The summed E-state index contributed by atoms with van der Waals surface area (Å²) in [6.07, 6.45) is 4.83. The van der Waals surface area contributed by atoms with E-state index in [9.17, 15) is 15.2 Å². The third-order valence-corrected chi connectivity index (χ3v) is 6.98. The van der Waals surface area contributed by atoms with Gasteiger partial charge in [0.1, 0.15) is 5.52 Å². The Balaban J connectivity index is 1.56. The molecule has 0 radical (unpaired) electrons. The predicted molar refractivity (Wildman–Crippen MR) is 144 cm³/mol. The molecule has 1 fully saturated rings. The summed E-state index contributed by atoms with van der Waals surface area (Å²) in [5.74, 6) is 0.964. The molecule has 3 heterocycles. The van der Waals surface area contributed by atoms with Crippen molar-refractivity contribution in [1.82, 2.24) is 24.2 Å². The van der Waals surface area contributed by atoms with Crippen LogP contribution in [0.4, 0.5) is 4.79 Å². The highest BCUT2D eigenvalue weighted by atomic mass is 16.5. The van der Waals surface area contributed by atoms with E-state index in [-0.39, 0.29) is 0 Å². The lowest BCUT2D eigenvalue weighted by Gasteiger charge is -2.29. The summed E-state index contributed by atoms with van der Waals surface area (Å²) >= 11 is 0. The third-order valence-electron chi connectivity index (χ3n) is 6.98. The van der Waals surface area contributed by atoms with Gasteiger partial charge in [-0.2, -0.15) is 5.26 Å². The van der Waals surface area contributed by atoms with Crippen LogP contribution in [0, 0.1) is 17.2 Å². The average Bonchev–Trinajstić information content (AvgIpc) is 3.42. The van der Waals surface area contributed by atoms with Crippen LogP contribution in [0.3, 0.4) is 0 Å². The maximum absolute atomic E-state index is 11.2. The van der Waals surface area contributed by atoms with E-state index < -0.39 is 6.09 Å². The van der Waals surface area contributed by atoms with Crippen LogP contribution in [0.15, 0.2) is 61.1 Å². The molecule has 4 aromatic rings. The van der Waals surface area contributed by atoms with Crippen LogP contribution in [-0.2, 0) is 6.54 Å². The zero-order valence-corrected chi connectivity index (χ0v) is 21.5. The van der Waals surface area contributed by atoms with E-state index in [1.807, 2.05) is 40.8 Å². The van der Waals surface area contributed by atoms with E-state index in [2.05, 4.69) is 23.0 Å². The number of piperidine rings is 1. The number of imidazole rings is 1. The van der Waals surface area contributed by atoms with Crippen molar-refractivity contribution in [2.24, 2.45) is 5.92 Å². The van der Waals surface area contributed by atoms with E-state index >= 15 is 0 Å². The van der Waals surface area contributed by atoms with Crippen molar-refractivity contribution in [1.29, 1.82) is 5.26 Å². The fourth-order valence-electron chi connectivity index (χ4n) is 4.96. The molecule has 1 atom stereocenters. The molecule has 0 aliphatic carbocycles. The molecule has 2 aromatic carbocycles. The van der Waals surface area contributed by atoms with Gasteiger partial charge in [0.05, 0.1) is 42.2 Å². The lowest BCUT2D eigenvalue weighted by atomic mass is 9.99. The Kier molecular flexibility index (Phi) is 7.24. The Morgan fingerprint density at radius 2 is 1.92 bits per heavy atom. The van der Waals surface area contributed by atoms with Crippen molar-refractivity contribution in [3.05, 3.63) is 72.2 Å². The Morgan fingerprint density at radius 3 is 2.61 bits per heavy atom. The maximum Gasteiger partial charge on any atom is 0.407 e. The number of ether oxygens (including phenoxy) is 1. The van der Waals surface area contributed by atoms with E-state index in [4.69, 9.17) is 9.72 Å². The van der Waals surface area contributed by atoms with E-state index in [0.717, 1.165) is 53.8 Å². The summed E-state index contributed by atoms with van der Waals surface area (Å²) in [6.45, 7) is 2.99. The van der Waals surface area contributed by atoms with Gasteiger partial charge < -0.3 is 19.6 Å². The molecule has 1 aliphatic heterocycles. The van der Waals surface area contributed by atoms with Gasteiger partial charge >= 0.3 is 6.09 Å². The van der Waals surface area contributed by atoms with Crippen LogP contribution < -0.4 is 4.74 Å². The SMILES string of the molecule is CN1CCC[C@@H](COc2nc(-c3ccc(C#N)cc3)c(-c3ccc(CN(C)C(=O)O)cc3)n3cncc23)C1. The normalized spacial score (nSPS) is 15.8. The van der Waals surface area contributed by atoms with Gasteiger partial charge in [0, 0.05) is 37.2 Å². The van der Waals surface area contributed by atoms with Crippen LogP contribution in [0.25, 0.3) is 28.0 Å². The van der Waals surface area contributed by atoms with E-state index in [0.29, 0.717) is 36.2 Å². The lowest BCUT2D eigenvalue weighted by molar-refractivity contribution is 0.148. The molecule has 1 aliphatic rings. The highest BCUT2D eigenvalue weighted by Gasteiger charge is 2.22. The molecule has 0 spiro atoms. The monoisotopic (exact) mass is 510 g/mol. The number of carboxylic acid groups (broad SMARTS) is 1. The van der Waals surface area contributed by atoms with Crippen LogP contribution in [-0.4, -0.2) is 69.2 Å². The number of aromatic nitrogens is 3. The number of nitrogens with zero attached hydrogens (tertiary/aromatic N) is 6. The van der Waals surface area contributed by atoms with E-state index in [1.54, 1.807) is 31.7 Å². The molecule has 1 N–H and O–H groups in total. The topological polar surface area (TPSA) is 107 Å². The number of hydrogen-bond donors (Lipinski definition) is 1.